The predicted octanol–water partition coefficient (Wildman–Crippen LogP) is 2.08. The zero-order chi connectivity index (χ0) is 13.0. The molecule has 2 rings (SSSR count). The smallest absolute Gasteiger partial charge is 0.0924 e. The predicted molar refractivity (Wildman–Crippen MR) is 72.3 cm³/mol. The van der Waals surface area contributed by atoms with Crippen molar-refractivity contribution < 1.29 is 0 Å². The minimum absolute atomic E-state index is 0.110. The van der Waals surface area contributed by atoms with E-state index >= 15 is 0 Å². The van der Waals surface area contributed by atoms with Crippen LogP contribution in [0.2, 0.25) is 0 Å². The van der Waals surface area contributed by atoms with Gasteiger partial charge in [-0.2, -0.15) is 5.10 Å². The first-order valence-electron chi connectivity index (χ1n) is 6.43. The highest BCUT2D eigenvalue weighted by atomic mass is 15.3. The Morgan fingerprint density at radius 1 is 1.28 bits per heavy atom. The summed E-state index contributed by atoms with van der Waals surface area (Å²) >= 11 is 0. The minimum Gasteiger partial charge on any atom is -0.304 e. The van der Waals surface area contributed by atoms with Gasteiger partial charge < -0.3 is 5.32 Å². The highest BCUT2D eigenvalue weighted by molar-refractivity contribution is 5.29. The van der Waals surface area contributed by atoms with Crippen molar-refractivity contribution in [2.24, 2.45) is 7.05 Å². The number of hydrogen-bond donors (Lipinski definition) is 1. The van der Waals surface area contributed by atoms with E-state index in [9.17, 15) is 0 Å². The Bertz CT molecular complexity index is 504. The summed E-state index contributed by atoms with van der Waals surface area (Å²) < 4.78 is 1.90. The Labute approximate surface area is 108 Å². The average molecular weight is 244 g/mol. The van der Waals surface area contributed by atoms with Gasteiger partial charge in [0.15, 0.2) is 0 Å². The molecule has 0 saturated carbocycles. The Morgan fingerprint density at radius 3 is 2.72 bits per heavy atom. The van der Waals surface area contributed by atoms with E-state index in [1.54, 1.807) is 0 Å². The largest absolute Gasteiger partial charge is 0.304 e. The van der Waals surface area contributed by atoms with Crippen molar-refractivity contribution in [2.45, 2.75) is 26.3 Å². The van der Waals surface area contributed by atoms with Crippen molar-refractivity contribution in [1.82, 2.24) is 20.1 Å². The van der Waals surface area contributed by atoms with E-state index in [2.05, 4.69) is 35.3 Å². The SMILES string of the molecule is CCNC(c1ncccc1CC)c1ccnn1C. The minimum atomic E-state index is 0.110. The van der Waals surface area contributed by atoms with E-state index < -0.39 is 0 Å². The zero-order valence-corrected chi connectivity index (χ0v) is 11.2. The van der Waals surface area contributed by atoms with Crippen molar-refractivity contribution in [3.05, 3.63) is 47.5 Å². The van der Waals surface area contributed by atoms with E-state index in [1.165, 1.54) is 5.56 Å². The van der Waals surface area contributed by atoms with Crippen LogP contribution in [0.5, 0.6) is 0 Å². The first-order valence-corrected chi connectivity index (χ1v) is 6.43. The van der Waals surface area contributed by atoms with Crippen molar-refractivity contribution in [2.75, 3.05) is 6.54 Å². The normalized spacial score (nSPS) is 12.6. The fourth-order valence-corrected chi connectivity index (χ4v) is 2.22. The van der Waals surface area contributed by atoms with Gasteiger partial charge in [-0.25, -0.2) is 0 Å². The quantitative estimate of drug-likeness (QED) is 0.875. The lowest BCUT2D eigenvalue weighted by molar-refractivity contribution is 0.558. The second kappa shape index (κ2) is 5.78. The molecule has 0 spiro atoms. The molecule has 0 radical (unpaired) electrons. The Kier molecular flexibility index (Phi) is 4.10. The van der Waals surface area contributed by atoms with Crippen molar-refractivity contribution >= 4 is 0 Å². The molecular weight excluding hydrogens is 224 g/mol. The van der Waals surface area contributed by atoms with Crippen molar-refractivity contribution in [3.63, 3.8) is 0 Å². The molecule has 0 aliphatic carbocycles. The molecule has 0 saturated heterocycles. The van der Waals surface area contributed by atoms with E-state index in [-0.39, 0.29) is 6.04 Å². The van der Waals surface area contributed by atoms with Gasteiger partial charge in [0, 0.05) is 19.4 Å². The fourth-order valence-electron chi connectivity index (χ4n) is 2.22. The number of nitrogens with one attached hydrogen (secondary N) is 1. The molecule has 0 fully saturated rings. The van der Waals surface area contributed by atoms with Crippen molar-refractivity contribution in [3.8, 4) is 0 Å². The molecule has 4 heteroatoms. The molecule has 2 aromatic rings. The van der Waals surface area contributed by atoms with Crippen LogP contribution in [0.1, 0.15) is 36.8 Å². The number of hydrogen-bond acceptors (Lipinski definition) is 3. The number of nitrogens with zero attached hydrogens (tertiary/aromatic N) is 3. The second-order valence-corrected chi connectivity index (χ2v) is 4.27. The Morgan fingerprint density at radius 2 is 2.11 bits per heavy atom. The maximum atomic E-state index is 4.56. The monoisotopic (exact) mass is 244 g/mol. The molecule has 18 heavy (non-hydrogen) atoms. The number of aryl methyl sites for hydroxylation is 2. The van der Waals surface area contributed by atoms with Gasteiger partial charge in [-0.15, -0.1) is 0 Å². The van der Waals surface area contributed by atoms with Crippen LogP contribution in [0, 0.1) is 0 Å². The van der Waals surface area contributed by atoms with Gasteiger partial charge in [-0.05, 0) is 30.7 Å². The van der Waals surface area contributed by atoms with Gasteiger partial charge in [0.1, 0.15) is 0 Å². The standard InChI is InChI=1S/C14H20N4/c1-4-11-7-6-9-16-13(11)14(15-5-2)12-8-10-17-18(12)3/h6-10,14-15H,4-5H2,1-3H3. The number of pyridine rings is 1. The lowest BCUT2D eigenvalue weighted by atomic mass is 10.0. The van der Waals surface area contributed by atoms with E-state index in [0.717, 1.165) is 24.4 Å². The van der Waals surface area contributed by atoms with Gasteiger partial charge in [-0.3, -0.25) is 9.67 Å². The molecule has 2 aromatic heterocycles. The lowest BCUT2D eigenvalue weighted by Crippen LogP contribution is -2.26. The van der Waals surface area contributed by atoms with Crippen LogP contribution >= 0.6 is 0 Å². The number of aromatic nitrogens is 3. The highest BCUT2D eigenvalue weighted by Gasteiger charge is 2.19. The first-order chi connectivity index (χ1) is 8.77. The maximum absolute atomic E-state index is 4.56. The summed E-state index contributed by atoms with van der Waals surface area (Å²) in [5, 5.41) is 7.74. The van der Waals surface area contributed by atoms with Gasteiger partial charge in [-0.1, -0.05) is 19.9 Å². The van der Waals surface area contributed by atoms with Crippen LogP contribution in [-0.4, -0.2) is 21.3 Å². The van der Waals surface area contributed by atoms with Crippen LogP contribution < -0.4 is 5.32 Å². The molecule has 0 bridgehead atoms. The van der Waals surface area contributed by atoms with Crippen LogP contribution in [0.15, 0.2) is 30.6 Å². The summed E-state index contributed by atoms with van der Waals surface area (Å²) in [6.07, 6.45) is 4.67. The molecule has 1 unspecified atom stereocenters. The molecule has 0 aromatic carbocycles. The molecular formula is C14H20N4. The molecule has 0 amide bonds. The Hall–Kier alpha value is -1.68. The summed E-state index contributed by atoms with van der Waals surface area (Å²) in [6.45, 7) is 5.17. The van der Waals surface area contributed by atoms with E-state index in [1.807, 2.05) is 36.3 Å². The second-order valence-electron chi connectivity index (χ2n) is 4.27. The van der Waals surface area contributed by atoms with Crippen LogP contribution in [0.4, 0.5) is 0 Å². The molecule has 1 N–H and O–H groups in total. The topological polar surface area (TPSA) is 42.7 Å². The molecule has 1 atom stereocenters. The van der Waals surface area contributed by atoms with Crippen molar-refractivity contribution in [1.29, 1.82) is 0 Å². The summed E-state index contributed by atoms with van der Waals surface area (Å²) in [5.41, 5.74) is 3.53. The third kappa shape index (κ3) is 2.43. The van der Waals surface area contributed by atoms with E-state index in [0.29, 0.717) is 0 Å². The Balaban J connectivity index is 2.45. The molecule has 2 heterocycles. The number of rotatable bonds is 5. The summed E-state index contributed by atoms with van der Waals surface area (Å²) in [6, 6.07) is 6.29. The first kappa shape index (κ1) is 12.8. The average Bonchev–Trinajstić information content (AvgIpc) is 2.82. The summed E-state index contributed by atoms with van der Waals surface area (Å²) in [7, 11) is 1.97. The summed E-state index contributed by atoms with van der Waals surface area (Å²) in [5.74, 6) is 0. The zero-order valence-electron chi connectivity index (χ0n) is 11.2. The van der Waals surface area contributed by atoms with Crippen LogP contribution in [0.25, 0.3) is 0 Å². The molecule has 0 aliphatic rings. The van der Waals surface area contributed by atoms with E-state index in [4.69, 9.17) is 0 Å². The molecule has 0 aliphatic heterocycles. The molecule has 96 valence electrons. The molecule has 4 nitrogen and oxygen atoms in total. The van der Waals surface area contributed by atoms with Crippen LogP contribution in [-0.2, 0) is 13.5 Å². The third-order valence-corrected chi connectivity index (χ3v) is 3.14. The summed E-state index contributed by atoms with van der Waals surface area (Å²) in [4.78, 5) is 4.56. The van der Waals surface area contributed by atoms with Gasteiger partial charge >= 0.3 is 0 Å². The highest BCUT2D eigenvalue weighted by Crippen LogP contribution is 2.22. The van der Waals surface area contributed by atoms with Crippen LogP contribution in [0.3, 0.4) is 0 Å². The van der Waals surface area contributed by atoms with Gasteiger partial charge in [0.2, 0.25) is 0 Å². The van der Waals surface area contributed by atoms with Gasteiger partial charge in [0.05, 0.1) is 17.4 Å². The third-order valence-electron chi connectivity index (χ3n) is 3.14. The van der Waals surface area contributed by atoms with Gasteiger partial charge in [0.25, 0.3) is 0 Å². The lowest BCUT2D eigenvalue weighted by Gasteiger charge is -2.20. The maximum Gasteiger partial charge on any atom is 0.0924 e. The fraction of sp³-hybridized carbons (Fsp3) is 0.429.